The molecule has 0 aliphatic heterocycles. The lowest BCUT2D eigenvalue weighted by molar-refractivity contribution is -0.384. The van der Waals surface area contributed by atoms with Crippen molar-refractivity contribution < 1.29 is 23.7 Å². The second-order valence-electron chi connectivity index (χ2n) is 6.83. The Bertz CT molecular complexity index is 1230. The van der Waals surface area contributed by atoms with Gasteiger partial charge in [-0.25, -0.2) is 0 Å². The van der Waals surface area contributed by atoms with Gasteiger partial charge in [0.25, 0.3) is 5.69 Å². The molecule has 1 heterocycles. The van der Waals surface area contributed by atoms with E-state index in [4.69, 9.17) is 18.7 Å². The zero-order chi connectivity index (χ0) is 22.5. The molecule has 0 aliphatic rings. The second kappa shape index (κ2) is 9.22. The maximum Gasteiger partial charge on any atom is 0.270 e. The third-order valence-corrected chi connectivity index (χ3v) is 4.89. The van der Waals surface area contributed by atoms with Gasteiger partial charge in [0, 0.05) is 29.3 Å². The van der Waals surface area contributed by atoms with Crippen molar-refractivity contribution in [3.8, 4) is 39.6 Å². The average molecular weight is 432 g/mol. The molecule has 0 saturated carbocycles. The van der Waals surface area contributed by atoms with Crippen LogP contribution in [-0.4, -0.2) is 24.3 Å². The molecule has 32 heavy (non-hydrogen) atoms. The van der Waals surface area contributed by atoms with Gasteiger partial charge in [0.15, 0.2) is 5.76 Å². The van der Waals surface area contributed by atoms with Crippen molar-refractivity contribution in [2.24, 2.45) is 0 Å². The Morgan fingerprint density at radius 2 is 1.69 bits per heavy atom. The Hall–Kier alpha value is -4.33. The molecule has 4 rings (SSSR count). The summed E-state index contributed by atoms with van der Waals surface area (Å²) in [4.78, 5) is 10.8. The Kier molecular flexibility index (Phi) is 6.03. The SMILES string of the molecule is COc1ccc(-c2cc([N+](=O)[O-])ccc2OCc2cc(-c3ccccc3OC)no2)cc1. The van der Waals surface area contributed by atoms with E-state index in [2.05, 4.69) is 5.16 Å². The number of nitrogens with zero attached hydrogens (tertiary/aromatic N) is 2. The van der Waals surface area contributed by atoms with E-state index in [1.807, 2.05) is 36.4 Å². The molecule has 0 saturated heterocycles. The number of nitro groups is 1. The molecule has 162 valence electrons. The van der Waals surface area contributed by atoms with Gasteiger partial charge in [-0.2, -0.15) is 0 Å². The molecule has 0 unspecified atom stereocenters. The molecule has 0 atom stereocenters. The molecule has 0 bridgehead atoms. The number of nitro benzene ring substituents is 1. The number of rotatable bonds is 8. The monoisotopic (exact) mass is 432 g/mol. The lowest BCUT2D eigenvalue weighted by atomic mass is 10.0. The first kappa shape index (κ1) is 20.9. The topological polar surface area (TPSA) is 96.9 Å². The van der Waals surface area contributed by atoms with E-state index in [0.717, 1.165) is 11.1 Å². The van der Waals surface area contributed by atoms with E-state index in [1.54, 1.807) is 38.5 Å². The molecule has 3 aromatic carbocycles. The first-order valence-corrected chi connectivity index (χ1v) is 9.73. The van der Waals surface area contributed by atoms with Crippen LogP contribution in [0.3, 0.4) is 0 Å². The number of aromatic nitrogens is 1. The molecule has 0 N–H and O–H groups in total. The maximum absolute atomic E-state index is 11.3. The minimum atomic E-state index is -0.438. The Balaban J connectivity index is 1.59. The van der Waals surface area contributed by atoms with Gasteiger partial charge in [0.2, 0.25) is 0 Å². The lowest BCUT2D eigenvalue weighted by Gasteiger charge is -2.11. The molecule has 0 amide bonds. The zero-order valence-electron chi connectivity index (χ0n) is 17.5. The highest BCUT2D eigenvalue weighted by Gasteiger charge is 2.16. The van der Waals surface area contributed by atoms with E-state index in [1.165, 1.54) is 12.1 Å². The number of hydrogen-bond donors (Lipinski definition) is 0. The van der Waals surface area contributed by atoms with Crippen LogP contribution in [0.1, 0.15) is 5.76 Å². The highest BCUT2D eigenvalue weighted by atomic mass is 16.6. The first-order valence-electron chi connectivity index (χ1n) is 9.73. The number of non-ortho nitro benzene ring substituents is 1. The third-order valence-electron chi connectivity index (χ3n) is 4.89. The number of benzene rings is 3. The van der Waals surface area contributed by atoms with Gasteiger partial charge in [0.05, 0.1) is 19.1 Å². The number of hydrogen-bond acceptors (Lipinski definition) is 7. The van der Waals surface area contributed by atoms with Crippen LogP contribution in [0.25, 0.3) is 22.4 Å². The van der Waals surface area contributed by atoms with Crippen LogP contribution >= 0.6 is 0 Å². The molecule has 0 spiro atoms. The first-order chi connectivity index (χ1) is 15.6. The largest absolute Gasteiger partial charge is 0.497 e. The standard InChI is InChI=1S/C24H20N2O6/c1-29-18-10-7-16(8-11-18)21-13-17(26(27)28)9-12-24(21)31-15-19-14-22(25-32-19)20-5-3-4-6-23(20)30-2/h3-14H,15H2,1-2H3. The fourth-order valence-electron chi connectivity index (χ4n) is 3.27. The smallest absolute Gasteiger partial charge is 0.270 e. The predicted molar refractivity (Wildman–Crippen MR) is 118 cm³/mol. The van der Waals surface area contributed by atoms with E-state index in [0.29, 0.717) is 34.3 Å². The van der Waals surface area contributed by atoms with Crippen LogP contribution in [0.15, 0.2) is 77.3 Å². The van der Waals surface area contributed by atoms with Crippen molar-refractivity contribution in [2.75, 3.05) is 14.2 Å². The summed E-state index contributed by atoms with van der Waals surface area (Å²) in [5.41, 5.74) is 2.75. The van der Waals surface area contributed by atoms with Gasteiger partial charge in [-0.1, -0.05) is 29.4 Å². The summed E-state index contributed by atoms with van der Waals surface area (Å²) in [6, 6.07) is 21.0. The number of para-hydroxylation sites is 1. The molecule has 8 heteroatoms. The normalized spacial score (nSPS) is 10.6. The summed E-state index contributed by atoms with van der Waals surface area (Å²) >= 11 is 0. The summed E-state index contributed by atoms with van der Waals surface area (Å²) in [7, 11) is 3.17. The van der Waals surface area contributed by atoms with Crippen LogP contribution in [0, 0.1) is 10.1 Å². The molecule has 0 fully saturated rings. The number of ether oxygens (including phenoxy) is 3. The van der Waals surface area contributed by atoms with Crippen LogP contribution in [-0.2, 0) is 6.61 Å². The summed E-state index contributed by atoms with van der Waals surface area (Å²) in [6.45, 7) is 0.100. The summed E-state index contributed by atoms with van der Waals surface area (Å²) in [5, 5.41) is 15.4. The Morgan fingerprint density at radius 3 is 2.41 bits per heavy atom. The fraction of sp³-hybridized carbons (Fsp3) is 0.125. The zero-order valence-corrected chi connectivity index (χ0v) is 17.5. The maximum atomic E-state index is 11.3. The summed E-state index contributed by atoms with van der Waals surface area (Å²) in [6.07, 6.45) is 0. The molecular weight excluding hydrogens is 412 g/mol. The highest BCUT2D eigenvalue weighted by Crippen LogP contribution is 2.35. The van der Waals surface area contributed by atoms with Crippen molar-refractivity contribution in [3.63, 3.8) is 0 Å². The van der Waals surface area contributed by atoms with Crippen LogP contribution in [0.5, 0.6) is 17.2 Å². The number of methoxy groups -OCH3 is 2. The molecule has 8 nitrogen and oxygen atoms in total. The van der Waals surface area contributed by atoms with Crippen LogP contribution in [0.2, 0.25) is 0 Å². The fourth-order valence-corrected chi connectivity index (χ4v) is 3.27. The van der Waals surface area contributed by atoms with Gasteiger partial charge >= 0.3 is 0 Å². The third kappa shape index (κ3) is 4.39. The van der Waals surface area contributed by atoms with Crippen molar-refractivity contribution in [2.45, 2.75) is 6.61 Å². The molecule has 4 aromatic rings. The van der Waals surface area contributed by atoms with Gasteiger partial charge in [0.1, 0.15) is 29.5 Å². The van der Waals surface area contributed by atoms with Crippen molar-refractivity contribution in [3.05, 3.63) is 88.7 Å². The quantitative estimate of drug-likeness (QED) is 0.267. The second-order valence-corrected chi connectivity index (χ2v) is 6.83. The van der Waals surface area contributed by atoms with E-state index in [9.17, 15) is 10.1 Å². The van der Waals surface area contributed by atoms with E-state index < -0.39 is 4.92 Å². The van der Waals surface area contributed by atoms with Crippen LogP contribution < -0.4 is 14.2 Å². The lowest BCUT2D eigenvalue weighted by Crippen LogP contribution is -1.97. The predicted octanol–water partition coefficient (Wildman–Crippen LogP) is 5.51. The Labute approximate surface area is 184 Å². The minimum absolute atomic E-state index is 0.0266. The van der Waals surface area contributed by atoms with Crippen LogP contribution in [0.4, 0.5) is 5.69 Å². The minimum Gasteiger partial charge on any atom is -0.497 e. The molecule has 0 radical (unpaired) electrons. The van der Waals surface area contributed by atoms with Crippen molar-refractivity contribution in [1.29, 1.82) is 0 Å². The summed E-state index contributed by atoms with van der Waals surface area (Å²) < 4.78 is 21.9. The van der Waals surface area contributed by atoms with E-state index >= 15 is 0 Å². The Morgan fingerprint density at radius 1 is 0.906 bits per heavy atom. The van der Waals surface area contributed by atoms with Gasteiger partial charge < -0.3 is 18.7 Å². The molecule has 0 aliphatic carbocycles. The average Bonchev–Trinajstić information content (AvgIpc) is 3.31. The van der Waals surface area contributed by atoms with Crippen molar-refractivity contribution in [1.82, 2.24) is 5.16 Å². The van der Waals surface area contributed by atoms with Gasteiger partial charge in [-0.3, -0.25) is 10.1 Å². The van der Waals surface area contributed by atoms with Gasteiger partial charge in [-0.05, 0) is 35.9 Å². The summed E-state index contributed by atoms with van der Waals surface area (Å²) in [5.74, 6) is 2.36. The molecular formula is C24H20N2O6. The molecule has 1 aromatic heterocycles. The highest BCUT2D eigenvalue weighted by molar-refractivity contribution is 5.73. The van der Waals surface area contributed by atoms with Crippen molar-refractivity contribution >= 4 is 5.69 Å². The van der Waals surface area contributed by atoms with Gasteiger partial charge in [-0.15, -0.1) is 0 Å². The van der Waals surface area contributed by atoms with E-state index in [-0.39, 0.29) is 12.3 Å².